The summed E-state index contributed by atoms with van der Waals surface area (Å²) in [4.78, 5) is 0. The third-order valence-electron chi connectivity index (χ3n) is 4.95. The molecule has 0 aliphatic carbocycles. The molecule has 224 valence electrons. The van der Waals surface area contributed by atoms with E-state index in [1.54, 1.807) is 0 Å². The summed E-state index contributed by atoms with van der Waals surface area (Å²) in [6.07, 6.45) is -17.7. The van der Waals surface area contributed by atoms with Crippen LogP contribution in [-0.2, 0) is 18.5 Å². The lowest BCUT2D eigenvalue weighted by Crippen LogP contribution is -2.17. The van der Waals surface area contributed by atoms with Crippen LogP contribution in [0.3, 0.4) is 0 Å². The Morgan fingerprint density at radius 3 is 1.17 bits per heavy atom. The maximum Gasteiger partial charge on any atom is 0.422 e. The molecule has 0 fully saturated rings. The van der Waals surface area contributed by atoms with E-state index in [0.717, 1.165) is 0 Å². The summed E-state index contributed by atoms with van der Waals surface area (Å²) >= 11 is 0. The molecule has 4 N–H and O–H groups in total. The molecule has 3 aromatic rings. The minimum absolute atomic E-state index is 0.463. The Morgan fingerprint density at radius 2 is 0.829 bits per heavy atom. The molecule has 0 spiro atoms. The van der Waals surface area contributed by atoms with Gasteiger partial charge in [0.2, 0.25) is 11.5 Å². The lowest BCUT2D eigenvalue weighted by atomic mass is 10.1. The number of anilines is 2. The Morgan fingerprint density at radius 1 is 0.463 bits per heavy atom. The van der Waals surface area contributed by atoms with Gasteiger partial charge < -0.3 is 20.9 Å². The fourth-order valence-electron chi connectivity index (χ4n) is 3.13. The predicted octanol–water partition coefficient (Wildman–Crippen LogP) is 8.47. The second-order valence-electron chi connectivity index (χ2n) is 7.60. The summed E-state index contributed by atoms with van der Waals surface area (Å²) in [5.74, 6) is -27.5. The average molecular weight is 622 g/mol. The van der Waals surface area contributed by atoms with Crippen LogP contribution in [0, 0.1) is 40.7 Å². The van der Waals surface area contributed by atoms with Crippen molar-refractivity contribution in [2.45, 2.75) is 18.5 Å². The van der Waals surface area contributed by atoms with Crippen molar-refractivity contribution in [1.29, 1.82) is 0 Å². The van der Waals surface area contributed by atoms with E-state index in [2.05, 4.69) is 9.47 Å². The first-order chi connectivity index (χ1) is 18.5. The summed E-state index contributed by atoms with van der Waals surface area (Å²) in [6.45, 7) is 0. The van der Waals surface area contributed by atoms with Crippen molar-refractivity contribution >= 4 is 11.4 Å². The summed E-state index contributed by atoms with van der Waals surface area (Å²) in [5, 5.41) is 0. The number of alkyl halides is 9. The quantitative estimate of drug-likeness (QED) is 0.226. The number of hydrogen-bond acceptors (Lipinski definition) is 4. The van der Waals surface area contributed by atoms with Crippen molar-refractivity contribution in [1.82, 2.24) is 0 Å². The second kappa shape index (κ2) is 9.98. The number of halogens is 16. The van der Waals surface area contributed by atoms with Gasteiger partial charge in [-0.3, -0.25) is 0 Å². The maximum atomic E-state index is 14.4. The van der Waals surface area contributed by atoms with Gasteiger partial charge in [-0.2, -0.15) is 39.5 Å². The van der Waals surface area contributed by atoms with Crippen molar-refractivity contribution in [3.05, 3.63) is 69.5 Å². The topological polar surface area (TPSA) is 70.5 Å². The average Bonchev–Trinajstić information content (AvgIpc) is 2.80. The molecule has 0 heterocycles. The Balaban J connectivity index is 2.30. The van der Waals surface area contributed by atoms with Crippen LogP contribution in [0.5, 0.6) is 23.0 Å². The molecule has 0 unspecified atom stereocenters. The highest BCUT2D eigenvalue weighted by Gasteiger charge is 2.44. The minimum Gasteiger partial charge on any atom is -0.450 e. The van der Waals surface area contributed by atoms with E-state index in [9.17, 15) is 70.2 Å². The lowest BCUT2D eigenvalue weighted by Gasteiger charge is -2.20. The fraction of sp³-hybridized carbons (Fsp3) is 0.143. The monoisotopic (exact) mass is 622 g/mol. The van der Waals surface area contributed by atoms with Gasteiger partial charge in [-0.1, -0.05) is 0 Å². The van der Waals surface area contributed by atoms with Crippen LogP contribution >= 0.6 is 0 Å². The second-order valence-corrected chi connectivity index (χ2v) is 7.60. The number of hydrogen-bond donors (Lipinski definition) is 2. The fourth-order valence-corrected chi connectivity index (χ4v) is 3.13. The van der Waals surface area contributed by atoms with Crippen LogP contribution in [0.15, 0.2) is 12.1 Å². The number of benzene rings is 3. The molecule has 0 aliphatic heterocycles. The molecule has 0 saturated heterocycles. The van der Waals surface area contributed by atoms with Crippen molar-refractivity contribution in [2.75, 3.05) is 11.5 Å². The van der Waals surface area contributed by atoms with Gasteiger partial charge in [0.05, 0.1) is 0 Å². The molecule has 0 atom stereocenters. The molecule has 0 amide bonds. The summed E-state index contributed by atoms with van der Waals surface area (Å²) < 4.78 is 227. The van der Waals surface area contributed by atoms with Gasteiger partial charge in [0.25, 0.3) is 0 Å². The number of nitrogen functional groups attached to an aromatic ring is 2. The van der Waals surface area contributed by atoms with Crippen molar-refractivity contribution in [2.24, 2.45) is 0 Å². The highest BCUT2D eigenvalue weighted by Crippen LogP contribution is 2.48. The van der Waals surface area contributed by atoms with Crippen molar-refractivity contribution in [3.63, 3.8) is 0 Å². The molecular formula is C21H6F16N2O2. The van der Waals surface area contributed by atoms with Crippen LogP contribution in [0.4, 0.5) is 81.6 Å². The summed E-state index contributed by atoms with van der Waals surface area (Å²) in [7, 11) is 0. The third-order valence-corrected chi connectivity index (χ3v) is 4.95. The van der Waals surface area contributed by atoms with Gasteiger partial charge in [0.15, 0.2) is 46.5 Å². The summed E-state index contributed by atoms with van der Waals surface area (Å²) in [6, 6.07) is -1.14. The molecule has 0 aliphatic rings. The molecule has 41 heavy (non-hydrogen) atoms. The van der Waals surface area contributed by atoms with Crippen molar-refractivity contribution in [3.8, 4) is 23.0 Å². The zero-order chi connectivity index (χ0) is 31.6. The largest absolute Gasteiger partial charge is 0.450 e. The molecule has 3 aromatic carbocycles. The number of rotatable bonds is 4. The van der Waals surface area contributed by atoms with E-state index >= 15 is 0 Å². The van der Waals surface area contributed by atoms with Gasteiger partial charge in [0, 0.05) is 6.07 Å². The van der Waals surface area contributed by atoms with Crippen molar-refractivity contribution < 1.29 is 79.7 Å². The zero-order valence-electron chi connectivity index (χ0n) is 18.7. The lowest BCUT2D eigenvalue weighted by molar-refractivity contribution is -0.143. The number of nitrogens with two attached hydrogens (primary N) is 2. The van der Waals surface area contributed by atoms with E-state index in [1.807, 2.05) is 0 Å². The normalized spacial score (nSPS) is 12.6. The maximum absolute atomic E-state index is 14.4. The van der Waals surface area contributed by atoms with E-state index in [-0.39, 0.29) is 0 Å². The minimum atomic E-state index is -5.98. The van der Waals surface area contributed by atoms with Crippen LogP contribution in [0.1, 0.15) is 16.7 Å². The first kappa shape index (κ1) is 31.3. The standard InChI is InChI=1S/C21H6F16N2O2/c22-4-1-3(19(29,30)31)5(40-17-11(25)7(20(32,33)34)9(23)15(38)13(17)27)2-6(4)41-18-12(26)8(21(35,36)37)10(24)16(39)14(18)28/h1-2H,38-39H2. The SMILES string of the molecule is Nc1c(F)c(Oc2cc(Oc3c(F)c(N)c(F)c(C(F)(F)F)c3F)c(C(F)(F)F)cc2F)c(F)c(C(F)(F)F)c1F. The van der Waals surface area contributed by atoms with E-state index in [1.165, 1.54) is 0 Å². The van der Waals surface area contributed by atoms with Crippen LogP contribution < -0.4 is 20.9 Å². The number of ether oxygens (including phenoxy) is 2. The first-order valence-electron chi connectivity index (χ1n) is 9.82. The van der Waals surface area contributed by atoms with Crippen LogP contribution in [0.2, 0.25) is 0 Å². The van der Waals surface area contributed by atoms with Gasteiger partial charge in [-0.15, -0.1) is 0 Å². The first-order valence-corrected chi connectivity index (χ1v) is 9.82. The van der Waals surface area contributed by atoms with Gasteiger partial charge >= 0.3 is 18.5 Å². The van der Waals surface area contributed by atoms with Crippen LogP contribution in [-0.4, -0.2) is 0 Å². The van der Waals surface area contributed by atoms with Gasteiger partial charge in [-0.05, 0) is 6.07 Å². The van der Waals surface area contributed by atoms with E-state index < -0.39 is 122 Å². The smallest absolute Gasteiger partial charge is 0.422 e. The molecule has 20 heteroatoms. The molecule has 0 radical (unpaired) electrons. The van der Waals surface area contributed by atoms with E-state index in [4.69, 9.17) is 11.5 Å². The van der Waals surface area contributed by atoms with Gasteiger partial charge in [-0.25, -0.2) is 30.7 Å². The highest BCUT2D eigenvalue weighted by atomic mass is 19.4. The Bertz CT molecular complexity index is 1540. The Labute approximate surface area is 214 Å². The van der Waals surface area contributed by atoms with Crippen LogP contribution in [0.25, 0.3) is 0 Å². The molecular weight excluding hydrogens is 616 g/mol. The molecule has 3 rings (SSSR count). The molecule has 0 saturated carbocycles. The van der Waals surface area contributed by atoms with Gasteiger partial charge in [0.1, 0.15) is 33.8 Å². The Hall–Kier alpha value is -4.26. The highest BCUT2D eigenvalue weighted by molar-refractivity contribution is 5.57. The molecule has 4 nitrogen and oxygen atoms in total. The molecule has 0 bridgehead atoms. The summed E-state index contributed by atoms with van der Waals surface area (Å²) in [5.41, 5.74) is -2.83. The molecule has 0 aromatic heterocycles. The van der Waals surface area contributed by atoms with E-state index in [0.29, 0.717) is 0 Å². The predicted molar refractivity (Wildman–Crippen MR) is 103 cm³/mol. The third kappa shape index (κ3) is 5.53. The zero-order valence-corrected chi connectivity index (χ0v) is 18.7. The Kier molecular flexibility index (Phi) is 7.61.